The SMILES string of the molecule is CC(C)=CCC1=C(OCc2cn(-c3cccnc3)nn2)C(=O)c2ccccc2C1=O. The van der Waals surface area contributed by atoms with Crippen LogP contribution in [0.15, 0.2) is 78.0 Å². The molecule has 0 amide bonds. The molecule has 0 atom stereocenters. The highest BCUT2D eigenvalue weighted by Crippen LogP contribution is 2.30. The standard InChI is InChI=1S/C23H20N4O3/c1-15(2)9-10-20-21(28)18-7-3-4-8-19(18)22(29)23(20)30-14-16-13-27(26-25-16)17-6-5-11-24-12-17/h3-9,11-13H,10,14H2,1-2H3. The van der Waals surface area contributed by atoms with Gasteiger partial charge in [-0.15, -0.1) is 5.10 Å². The van der Waals surface area contributed by atoms with Crippen molar-refractivity contribution in [1.82, 2.24) is 20.0 Å². The third-order valence-electron chi connectivity index (χ3n) is 4.70. The third kappa shape index (κ3) is 3.82. The van der Waals surface area contributed by atoms with E-state index in [2.05, 4.69) is 15.3 Å². The molecule has 2 aromatic heterocycles. The minimum absolute atomic E-state index is 0.0229. The van der Waals surface area contributed by atoms with E-state index in [0.717, 1.165) is 11.3 Å². The van der Waals surface area contributed by atoms with Gasteiger partial charge in [-0.3, -0.25) is 14.6 Å². The Morgan fingerprint density at radius 2 is 1.83 bits per heavy atom. The van der Waals surface area contributed by atoms with Crippen molar-refractivity contribution in [3.05, 3.63) is 94.8 Å². The molecular weight excluding hydrogens is 380 g/mol. The zero-order valence-corrected chi connectivity index (χ0v) is 16.7. The number of Topliss-reactive ketones (excluding diaryl/α,β-unsaturated/α-hetero) is 2. The molecule has 1 aliphatic rings. The Morgan fingerprint density at radius 1 is 1.07 bits per heavy atom. The number of allylic oxidation sites excluding steroid dienone is 4. The summed E-state index contributed by atoms with van der Waals surface area (Å²) in [4.78, 5) is 30.1. The van der Waals surface area contributed by atoms with Crippen molar-refractivity contribution in [1.29, 1.82) is 0 Å². The van der Waals surface area contributed by atoms with Crippen LogP contribution in [0.25, 0.3) is 5.69 Å². The highest BCUT2D eigenvalue weighted by atomic mass is 16.5. The van der Waals surface area contributed by atoms with E-state index < -0.39 is 0 Å². The number of hydrogen-bond acceptors (Lipinski definition) is 6. The van der Waals surface area contributed by atoms with Crippen LogP contribution in [0.3, 0.4) is 0 Å². The Balaban J connectivity index is 1.62. The van der Waals surface area contributed by atoms with Gasteiger partial charge in [0.1, 0.15) is 12.3 Å². The van der Waals surface area contributed by atoms with Crippen LogP contribution in [0.5, 0.6) is 0 Å². The lowest BCUT2D eigenvalue weighted by Gasteiger charge is -2.20. The largest absolute Gasteiger partial charge is 0.483 e. The van der Waals surface area contributed by atoms with Crippen molar-refractivity contribution in [2.75, 3.05) is 0 Å². The molecule has 0 unspecified atom stereocenters. The third-order valence-corrected chi connectivity index (χ3v) is 4.70. The molecule has 0 saturated carbocycles. The number of nitrogens with zero attached hydrogens (tertiary/aromatic N) is 4. The van der Waals surface area contributed by atoms with E-state index in [9.17, 15) is 9.59 Å². The Bertz CT molecular complexity index is 1170. The van der Waals surface area contributed by atoms with E-state index in [1.807, 2.05) is 26.0 Å². The number of fused-ring (bicyclic) bond motifs is 1. The lowest BCUT2D eigenvalue weighted by molar-refractivity contribution is 0.0854. The minimum Gasteiger partial charge on any atom is -0.483 e. The summed E-state index contributed by atoms with van der Waals surface area (Å²) in [5.74, 6) is -0.397. The molecule has 0 radical (unpaired) electrons. The van der Waals surface area contributed by atoms with Crippen molar-refractivity contribution < 1.29 is 14.3 Å². The zero-order chi connectivity index (χ0) is 21.1. The van der Waals surface area contributed by atoms with Gasteiger partial charge >= 0.3 is 0 Å². The Labute approximate surface area is 173 Å². The lowest BCUT2D eigenvalue weighted by atomic mass is 9.86. The van der Waals surface area contributed by atoms with Gasteiger partial charge in [-0.25, -0.2) is 4.68 Å². The number of aromatic nitrogens is 4. The molecule has 0 spiro atoms. The second kappa shape index (κ2) is 8.24. The van der Waals surface area contributed by atoms with Crippen molar-refractivity contribution in [3.8, 4) is 5.69 Å². The molecule has 0 bridgehead atoms. The molecule has 1 aliphatic carbocycles. The molecule has 2 heterocycles. The number of carbonyl (C=O) groups excluding carboxylic acids is 2. The second-order valence-corrected chi connectivity index (χ2v) is 7.15. The first kappa shape index (κ1) is 19.4. The van der Waals surface area contributed by atoms with Gasteiger partial charge in [0.25, 0.3) is 0 Å². The average Bonchev–Trinajstić information content (AvgIpc) is 3.24. The van der Waals surface area contributed by atoms with E-state index in [-0.39, 0.29) is 23.9 Å². The van der Waals surface area contributed by atoms with Gasteiger partial charge < -0.3 is 4.74 Å². The number of rotatable bonds is 6. The molecule has 3 aromatic rings. The predicted octanol–water partition coefficient (Wildman–Crippen LogP) is 3.87. The maximum Gasteiger partial charge on any atom is 0.228 e. The van der Waals surface area contributed by atoms with Crippen molar-refractivity contribution in [2.24, 2.45) is 0 Å². The van der Waals surface area contributed by atoms with Gasteiger partial charge in [-0.2, -0.15) is 0 Å². The summed E-state index contributed by atoms with van der Waals surface area (Å²) in [5.41, 5.74) is 3.48. The van der Waals surface area contributed by atoms with Crippen molar-refractivity contribution in [3.63, 3.8) is 0 Å². The molecule has 0 N–H and O–H groups in total. The molecule has 150 valence electrons. The monoisotopic (exact) mass is 400 g/mol. The molecule has 0 saturated heterocycles. The summed E-state index contributed by atoms with van der Waals surface area (Å²) in [7, 11) is 0. The fraction of sp³-hybridized carbons (Fsp3) is 0.174. The summed E-state index contributed by atoms with van der Waals surface area (Å²) in [6.45, 7) is 3.91. The van der Waals surface area contributed by atoms with Gasteiger partial charge in [0.2, 0.25) is 5.78 Å². The van der Waals surface area contributed by atoms with E-state index in [1.165, 1.54) is 0 Å². The molecule has 4 rings (SSSR count). The van der Waals surface area contributed by atoms with E-state index >= 15 is 0 Å². The molecule has 0 aliphatic heterocycles. The van der Waals surface area contributed by atoms with Gasteiger partial charge in [0.05, 0.1) is 23.7 Å². The molecule has 30 heavy (non-hydrogen) atoms. The van der Waals surface area contributed by atoms with Crippen molar-refractivity contribution in [2.45, 2.75) is 26.9 Å². The summed E-state index contributed by atoms with van der Waals surface area (Å²) >= 11 is 0. The van der Waals surface area contributed by atoms with Crippen LogP contribution in [0.4, 0.5) is 0 Å². The van der Waals surface area contributed by atoms with Gasteiger partial charge in [-0.05, 0) is 32.4 Å². The Morgan fingerprint density at radius 3 is 2.53 bits per heavy atom. The van der Waals surface area contributed by atoms with E-state index in [0.29, 0.717) is 28.8 Å². The fourth-order valence-corrected chi connectivity index (χ4v) is 3.17. The molecular formula is C23H20N4O3. The van der Waals surface area contributed by atoms with Gasteiger partial charge in [-0.1, -0.05) is 41.1 Å². The zero-order valence-electron chi connectivity index (χ0n) is 16.7. The Hall–Kier alpha value is -3.87. The van der Waals surface area contributed by atoms with Crippen LogP contribution in [-0.4, -0.2) is 31.5 Å². The molecule has 0 fully saturated rings. The summed E-state index contributed by atoms with van der Waals surface area (Å²) in [6, 6.07) is 10.5. The van der Waals surface area contributed by atoms with Crippen LogP contribution in [-0.2, 0) is 11.3 Å². The topological polar surface area (TPSA) is 87.0 Å². The number of ether oxygens (including phenoxy) is 1. The smallest absolute Gasteiger partial charge is 0.228 e. The highest BCUT2D eigenvalue weighted by Gasteiger charge is 2.32. The first-order valence-corrected chi connectivity index (χ1v) is 9.54. The minimum atomic E-state index is -0.290. The van der Waals surface area contributed by atoms with Crippen LogP contribution in [0.1, 0.15) is 46.7 Å². The number of pyridine rings is 1. The van der Waals surface area contributed by atoms with Crippen LogP contribution in [0.2, 0.25) is 0 Å². The Kier molecular flexibility index (Phi) is 5.34. The average molecular weight is 400 g/mol. The van der Waals surface area contributed by atoms with Gasteiger partial charge in [0.15, 0.2) is 11.5 Å². The highest BCUT2D eigenvalue weighted by molar-refractivity contribution is 6.26. The molecule has 7 nitrogen and oxygen atoms in total. The summed E-state index contributed by atoms with van der Waals surface area (Å²) < 4.78 is 7.43. The number of carbonyl (C=O) groups is 2. The molecule has 7 heteroatoms. The number of ketones is 2. The lowest BCUT2D eigenvalue weighted by Crippen LogP contribution is -2.23. The van der Waals surface area contributed by atoms with Crippen LogP contribution in [0, 0.1) is 0 Å². The van der Waals surface area contributed by atoms with E-state index in [1.54, 1.807) is 53.6 Å². The van der Waals surface area contributed by atoms with Crippen molar-refractivity contribution >= 4 is 11.6 Å². The summed E-state index contributed by atoms with van der Waals surface area (Å²) in [5, 5.41) is 8.16. The molecule has 1 aromatic carbocycles. The summed E-state index contributed by atoms with van der Waals surface area (Å²) in [6.07, 6.45) is 7.29. The van der Waals surface area contributed by atoms with Crippen LogP contribution < -0.4 is 0 Å². The second-order valence-electron chi connectivity index (χ2n) is 7.15. The number of benzene rings is 1. The maximum absolute atomic E-state index is 13.1. The first-order valence-electron chi connectivity index (χ1n) is 9.54. The number of hydrogen-bond donors (Lipinski definition) is 0. The normalized spacial score (nSPS) is 13.3. The van der Waals surface area contributed by atoms with E-state index in [4.69, 9.17) is 4.74 Å². The predicted molar refractivity (Wildman–Crippen MR) is 110 cm³/mol. The van der Waals surface area contributed by atoms with Crippen LogP contribution >= 0.6 is 0 Å². The maximum atomic E-state index is 13.1. The quantitative estimate of drug-likeness (QED) is 0.584. The first-order chi connectivity index (χ1) is 14.5. The fourth-order valence-electron chi connectivity index (χ4n) is 3.17. The van der Waals surface area contributed by atoms with Gasteiger partial charge in [0, 0.05) is 17.3 Å².